The lowest BCUT2D eigenvalue weighted by molar-refractivity contribution is -0.121. The van der Waals surface area contributed by atoms with Crippen molar-refractivity contribution < 1.29 is 4.79 Å². The van der Waals surface area contributed by atoms with Crippen LogP contribution in [0.25, 0.3) is 0 Å². The Labute approximate surface area is 166 Å². The minimum absolute atomic E-state index is 0.0792. The van der Waals surface area contributed by atoms with Crippen LogP contribution >= 0.6 is 0 Å². The molecule has 0 atom stereocenters. The van der Waals surface area contributed by atoms with Crippen molar-refractivity contribution in [3.63, 3.8) is 0 Å². The zero-order chi connectivity index (χ0) is 19.6. The topological polar surface area (TPSA) is 95.9 Å². The molecular formula is C20H29N7O. The molecule has 0 bridgehead atoms. The van der Waals surface area contributed by atoms with Gasteiger partial charge in [0.25, 0.3) is 0 Å². The van der Waals surface area contributed by atoms with Crippen molar-refractivity contribution >= 4 is 17.5 Å². The first-order valence-corrected chi connectivity index (χ1v) is 10.1. The molecule has 2 aromatic heterocycles. The summed E-state index contributed by atoms with van der Waals surface area (Å²) in [6.07, 6.45) is 11.3. The number of nitrogens with one attached hydrogen (secondary N) is 2. The second-order valence-electron chi connectivity index (χ2n) is 7.13. The molecule has 1 saturated heterocycles. The van der Waals surface area contributed by atoms with E-state index in [0.717, 1.165) is 62.6 Å². The van der Waals surface area contributed by atoms with Crippen LogP contribution in [0.4, 0.5) is 11.6 Å². The van der Waals surface area contributed by atoms with Crippen molar-refractivity contribution in [2.24, 2.45) is 5.92 Å². The third-order valence-corrected chi connectivity index (χ3v) is 5.01. The second-order valence-corrected chi connectivity index (χ2v) is 7.13. The molecule has 1 aliphatic rings. The summed E-state index contributed by atoms with van der Waals surface area (Å²) in [5.74, 6) is 2.52. The van der Waals surface area contributed by atoms with E-state index in [0.29, 0.717) is 18.9 Å². The molecule has 1 fully saturated rings. The Balaban J connectivity index is 1.37. The summed E-state index contributed by atoms with van der Waals surface area (Å²) in [6.45, 7) is 5.42. The molecule has 3 rings (SSSR count). The summed E-state index contributed by atoms with van der Waals surface area (Å²) in [5.41, 5.74) is 0.779. The van der Waals surface area contributed by atoms with Crippen LogP contribution in [0.5, 0.6) is 0 Å². The van der Waals surface area contributed by atoms with Crippen molar-refractivity contribution in [2.75, 3.05) is 29.9 Å². The third kappa shape index (κ3) is 6.14. The molecule has 0 spiro atoms. The zero-order valence-electron chi connectivity index (χ0n) is 16.5. The van der Waals surface area contributed by atoms with E-state index < -0.39 is 0 Å². The fraction of sp³-hybridized carbons (Fsp3) is 0.550. The number of carbonyl (C=O) groups excluding carboxylic acids is 1. The molecule has 0 aromatic carbocycles. The maximum Gasteiger partial charge on any atom is 0.220 e. The quantitative estimate of drug-likeness (QED) is 0.686. The summed E-state index contributed by atoms with van der Waals surface area (Å²) < 4.78 is 0. The molecular weight excluding hydrogens is 354 g/mol. The Morgan fingerprint density at radius 2 is 2.07 bits per heavy atom. The normalized spacial score (nSPS) is 14.7. The van der Waals surface area contributed by atoms with Crippen LogP contribution in [0.1, 0.15) is 44.7 Å². The van der Waals surface area contributed by atoms with Crippen LogP contribution in [-0.2, 0) is 11.3 Å². The van der Waals surface area contributed by atoms with E-state index in [-0.39, 0.29) is 5.91 Å². The summed E-state index contributed by atoms with van der Waals surface area (Å²) in [6, 6.07) is 2.02. The molecule has 1 amide bonds. The van der Waals surface area contributed by atoms with E-state index in [2.05, 4.69) is 42.4 Å². The second kappa shape index (κ2) is 10.5. The van der Waals surface area contributed by atoms with Crippen molar-refractivity contribution in [2.45, 2.75) is 45.6 Å². The van der Waals surface area contributed by atoms with Crippen LogP contribution in [0.3, 0.4) is 0 Å². The van der Waals surface area contributed by atoms with Gasteiger partial charge in [0.1, 0.15) is 18.0 Å². The molecule has 8 heteroatoms. The van der Waals surface area contributed by atoms with Crippen LogP contribution in [-0.4, -0.2) is 45.5 Å². The number of aromatic nitrogens is 4. The molecule has 0 unspecified atom stereocenters. The number of nitrogens with zero attached hydrogens (tertiary/aromatic N) is 5. The number of hydrogen-bond donors (Lipinski definition) is 2. The van der Waals surface area contributed by atoms with Crippen molar-refractivity contribution in [1.82, 2.24) is 25.3 Å². The van der Waals surface area contributed by atoms with Gasteiger partial charge in [0, 0.05) is 44.5 Å². The van der Waals surface area contributed by atoms with Crippen molar-refractivity contribution in [3.8, 4) is 0 Å². The number of carbonyl (C=O) groups is 1. The lowest BCUT2D eigenvalue weighted by Crippen LogP contribution is -2.34. The molecule has 8 nitrogen and oxygen atoms in total. The predicted octanol–water partition coefficient (Wildman–Crippen LogP) is 2.40. The highest BCUT2D eigenvalue weighted by Gasteiger charge is 2.21. The molecule has 0 saturated carbocycles. The number of piperidine rings is 1. The van der Waals surface area contributed by atoms with Gasteiger partial charge < -0.3 is 15.5 Å². The minimum atomic E-state index is 0.0792. The first kappa shape index (κ1) is 20.0. The van der Waals surface area contributed by atoms with Gasteiger partial charge in [0.15, 0.2) is 0 Å². The van der Waals surface area contributed by atoms with Gasteiger partial charge in [-0.2, -0.15) is 0 Å². The Morgan fingerprint density at radius 1 is 1.21 bits per heavy atom. The Bertz CT molecular complexity index is 732. The number of amides is 1. The van der Waals surface area contributed by atoms with E-state index >= 15 is 0 Å². The summed E-state index contributed by atoms with van der Waals surface area (Å²) in [4.78, 5) is 31.2. The molecule has 0 aliphatic carbocycles. The van der Waals surface area contributed by atoms with Crippen LogP contribution in [0.15, 0.2) is 31.0 Å². The average molecular weight is 384 g/mol. The highest BCUT2D eigenvalue weighted by atomic mass is 16.1. The Hall–Kier alpha value is -2.77. The Kier molecular flexibility index (Phi) is 7.52. The summed E-state index contributed by atoms with van der Waals surface area (Å²) >= 11 is 0. The highest BCUT2D eigenvalue weighted by Crippen LogP contribution is 2.25. The van der Waals surface area contributed by atoms with E-state index in [9.17, 15) is 4.79 Å². The van der Waals surface area contributed by atoms with Gasteiger partial charge in [-0.15, -0.1) is 0 Å². The molecule has 2 N–H and O–H groups in total. The molecule has 1 aliphatic heterocycles. The van der Waals surface area contributed by atoms with Gasteiger partial charge >= 0.3 is 0 Å². The van der Waals surface area contributed by atoms with E-state index in [4.69, 9.17) is 0 Å². The lowest BCUT2D eigenvalue weighted by Gasteiger charge is -2.32. The molecule has 3 heterocycles. The first-order valence-electron chi connectivity index (χ1n) is 10.1. The molecule has 2 aromatic rings. The van der Waals surface area contributed by atoms with Gasteiger partial charge in [0.2, 0.25) is 5.91 Å². The Morgan fingerprint density at radius 3 is 2.82 bits per heavy atom. The monoisotopic (exact) mass is 383 g/mol. The van der Waals surface area contributed by atoms with Gasteiger partial charge in [-0.1, -0.05) is 6.92 Å². The number of anilines is 2. The van der Waals surface area contributed by atoms with E-state index in [1.807, 2.05) is 6.07 Å². The zero-order valence-corrected chi connectivity index (χ0v) is 16.5. The predicted molar refractivity (Wildman–Crippen MR) is 109 cm³/mol. The fourth-order valence-corrected chi connectivity index (χ4v) is 3.35. The number of hydrogen-bond acceptors (Lipinski definition) is 7. The van der Waals surface area contributed by atoms with Crippen molar-refractivity contribution in [1.29, 1.82) is 0 Å². The SMILES string of the molecule is CCCNc1cc(N2CCC(CCC(=O)NCc3cnccn3)CC2)ncn1. The standard InChI is InChI=1S/C20H29N7O/c1-2-7-23-18-12-19(26-15-25-18)27-10-5-16(6-11-27)3-4-20(28)24-14-17-13-21-8-9-22-17/h8-9,12-13,15-16H,2-7,10-11,14H2,1H3,(H,24,28)(H,23,25,26). The number of rotatable bonds is 9. The van der Waals surface area contributed by atoms with Gasteiger partial charge in [-0.05, 0) is 31.6 Å². The van der Waals surface area contributed by atoms with Crippen molar-refractivity contribution in [3.05, 3.63) is 36.7 Å². The fourth-order valence-electron chi connectivity index (χ4n) is 3.35. The van der Waals surface area contributed by atoms with Crippen LogP contribution < -0.4 is 15.5 Å². The molecule has 0 radical (unpaired) electrons. The smallest absolute Gasteiger partial charge is 0.220 e. The van der Waals surface area contributed by atoms with E-state index in [1.54, 1.807) is 24.9 Å². The summed E-state index contributed by atoms with van der Waals surface area (Å²) in [5, 5.41) is 6.23. The largest absolute Gasteiger partial charge is 0.370 e. The maximum atomic E-state index is 12.1. The first-order chi connectivity index (χ1) is 13.7. The maximum absolute atomic E-state index is 12.1. The minimum Gasteiger partial charge on any atom is -0.370 e. The third-order valence-electron chi connectivity index (χ3n) is 5.01. The van der Waals surface area contributed by atoms with Gasteiger partial charge in [0.05, 0.1) is 18.4 Å². The molecule has 28 heavy (non-hydrogen) atoms. The molecule has 150 valence electrons. The van der Waals surface area contributed by atoms with Crippen LogP contribution in [0.2, 0.25) is 0 Å². The van der Waals surface area contributed by atoms with E-state index in [1.165, 1.54) is 0 Å². The van der Waals surface area contributed by atoms with Crippen LogP contribution in [0, 0.1) is 5.92 Å². The van der Waals surface area contributed by atoms with Gasteiger partial charge in [-0.25, -0.2) is 9.97 Å². The highest BCUT2D eigenvalue weighted by molar-refractivity contribution is 5.75. The lowest BCUT2D eigenvalue weighted by atomic mass is 9.92. The van der Waals surface area contributed by atoms with Gasteiger partial charge in [-0.3, -0.25) is 14.8 Å². The summed E-state index contributed by atoms with van der Waals surface area (Å²) in [7, 11) is 0. The average Bonchev–Trinajstić information content (AvgIpc) is 2.76.